The Morgan fingerprint density at radius 1 is 1.25 bits per heavy atom. The van der Waals surface area contributed by atoms with E-state index in [1.54, 1.807) is 13.3 Å². The van der Waals surface area contributed by atoms with Crippen LogP contribution in [0.4, 0.5) is 0 Å². The average Bonchev–Trinajstić information content (AvgIpc) is 3.15. The molecule has 0 radical (unpaired) electrons. The van der Waals surface area contributed by atoms with Crippen LogP contribution in [0.25, 0.3) is 11.1 Å². The Hall–Kier alpha value is -2.09. The molecule has 1 aliphatic heterocycles. The zero-order valence-electron chi connectivity index (χ0n) is 16.8. The molecule has 1 N–H and O–H groups in total. The zero-order chi connectivity index (χ0) is 19.9. The number of aromatic nitrogens is 1. The standard InChI is InChI=1S/C21H28BNO5/c1-4-7-26-21-9-16(5-6-20(21)25-3)17-8-18(12-23-11-17)19(13-24)10-22-27-14-15(2)28-22/h5-6,8-9,11-12,15,19,24H,4,7,10,13-14H2,1-3H3/t15-,19-/m0/s1. The molecule has 2 aromatic rings. The highest BCUT2D eigenvalue weighted by Gasteiger charge is 2.32. The van der Waals surface area contributed by atoms with Crippen LogP contribution in [0.5, 0.6) is 11.5 Å². The summed E-state index contributed by atoms with van der Waals surface area (Å²) in [7, 11) is 1.35. The lowest BCUT2D eigenvalue weighted by Gasteiger charge is -2.17. The SMILES string of the molecule is CCCOc1cc(-c2cncc([C@H](CO)CB3OC[C@H](C)O3)c2)ccc1OC. The molecule has 0 aliphatic carbocycles. The van der Waals surface area contributed by atoms with Gasteiger partial charge in [-0.3, -0.25) is 4.98 Å². The van der Waals surface area contributed by atoms with Gasteiger partial charge in [0.1, 0.15) is 0 Å². The van der Waals surface area contributed by atoms with Crippen LogP contribution < -0.4 is 9.47 Å². The van der Waals surface area contributed by atoms with Gasteiger partial charge in [0.25, 0.3) is 0 Å². The maximum absolute atomic E-state index is 9.90. The van der Waals surface area contributed by atoms with Crippen LogP contribution in [0, 0.1) is 0 Å². The Bertz CT molecular complexity index is 772. The van der Waals surface area contributed by atoms with E-state index >= 15 is 0 Å². The molecule has 0 amide bonds. The van der Waals surface area contributed by atoms with Gasteiger partial charge >= 0.3 is 7.12 Å². The normalized spacial score (nSPS) is 17.6. The summed E-state index contributed by atoms with van der Waals surface area (Å²) in [6.07, 6.45) is 5.22. The highest BCUT2D eigenvalue weighted by molar-refractivity contribution is 6.45. The van der Waals surface area contributed by atoms with Gasteiger partial charge in [-0.1, -0.05) is 13.0 Å². The highest BCUT2D eigenvalue weighted by atomic mass is 16.6. The first-order chi connectivity index (χ1) is 13.6. The molecule has 7 heteroatoms. The monoisotopic (exact) mass is 385 g/mol. The number of aliphatic hydroxyl groups excluding tert-OH is 1. The van der Waals surface area contributed by atoms with Crippen LogP contribution >= 0.6 is 0 Å². The maximum atomic E-state index is 9.90. The molecule has 3 rings (SSSR count). The molecule has 1 aliphatic rings. The summed E-state index contributed by atoms with van der Waals surface area (Å²) in [6.45, 7) is 5.28. The number of aliphatic hydroxyl groups is 1. The number of methoxy groups -OCH3 is 1. The number of ether oxygens (including phenoxy) is 2. The van der Waals surface area contributed by atoms with Crippen molar-refractivity contribution in [3.05, 3.63) is 42.2 Å². The second kappa shape index (κ2) is 9.91. The molecule has 0 bridgehead atoms. The minimum atomic E-state index is -0.286. The molecule has 0 saturated carbocycles. The number of hydrogen-bond acceptors (Lipinski definition) is 6. The molecular formula is C21H28BNO5. The van der Waals surface area contributed by atoms with E-state index < -0.39 is 0 Å². The fourth-order valence-corrected chi connectivity index (χ4v) is 3.27. The molecule has 0 unspecified atom stereocenters. The van der Waals surface area contributed by atoms with E-state index in [1.165, 1.54) is 0 Å². The molecule has 28 heavy (non-hydrogen) atoms. The van der Waals surface area contributed by atoms with Crippen LogP contribution in [0.15, 0.2) is 36.7 Å². The van der Waals surface area contributed by atoms with E-state index in [1.807, 2.05) is 31.3 Å². The minimum absolute atomic E-state index is 0.0101. The number of nitrogens with zero attached hydrogens (tertiary/aromatic N) is 1. The Morgan fingerprint density at radius 2 is 2.11 bits per heavy atom. The molecule has 1 fully saturated rings. The Labute approximate surface area is 166 Å². The first-order valence-electron chi connectivity index (χ1n) is 9.78. The highest BCUT2D eigenvalue weighted by Crippen LogP contribution is 2.34. The molecule has 150 valence electrons. The molecule has 1 saturated heterocycles. The smallest absolute Gasteiger partial charge is 0.457 e. The van der Waals surface area contributed by atoms with Gasteiger partial charge in [-0.15, -0.1) is 0 Å². The van der Waals surface area contributed by atoms with Gasteiger partial charge in [-0.05, 0) is 49.0 Å². The zero-order valence-corrected chi connectivity index (χ0v) is 16.8. The molecule has 6 nitrogen and oxygen atoms in total. The summed E-state index contributed by atoms with van der Waals surface area (Å²) in [5.41, 5.74) is 2.90. The quantitative estimate of drug-likeness (QED) is 0.666. The van der Waals surface area contributed by atoms with Gasteiger partial charge in [0, 0.05) is 30.5 Å². The molecule has 2 atom stereocenters. The lowest BCUT2D eigenvalue weighted by molar-refractivity contribution is 0.249. The summed E-state index contributed by atoms with van der Waals surface area (Å²) < 4.78 is 22.6. The van der Waals surface area contributed by atoms with Crippen molar-refractivity contribution in [2.24, 2.45) is 0 Å². The molecule has 1 aromatic heterocycles. The number of rotatable bonds is 9. The van der Waals surface area contributed by atoms with Crippen molar-refractivity contribution < 1.29 is 23.9 Å². The van der Waals surface area contributed by atoms with E-state index in [9.17, 15) is 5.11 Å². The van der Waals surface area contributed by atoms with Gasteiger partial charge in [0.2, 0.25) is 0 Å². The largest absolute Gasteiger partial charge is 0.493 e. The third kappa shape index (κ3) is 5.04. The van der Waals surface area contributed by atoms with Crippen molar-refractivity contribution in [1.82, 2.24) is 4.98 Å². The van der Waals surface area contributed by atoms with Crippen LogP contribution in [-0.4, -0.2) is 50.2 Å². The summed E-state index contributed by atoms with van der Waals surface area (Å²) in [6, 6.07) is 7.90. The lowest BCUT2D eigenvalue weighted by Crippen LogP contribution is -2.20. The number of pyridine rings is 1. The van der Waals surface area contributed by atoms with Crippen LogP contribution in [-0.2, 0) is 9.31 Å². The van der Waals surface area contributed by atoms with Crippen LogP contribution in [0.1, 0.15) is 31.7 Å². The fraction of sp³-hybridized carbons (Fsp3) is 0.476. The van der Waals surface area contributed by atoms with E-state index in [2.05, 4.69) is 18.0 Å². The number of hydrogen-bond donors (Lipinski definition) is 1. The van der Waals surface area contributed by atoms with Crippen molar-refractivity contribution in [3.8, 4) is 22.6 Å². The summed E-state index contributed by atoms with van der Waals surface area (Å²) >= 11 is 0. The summed E-state index contributed by atoms with van der Waals surface area (Å²) in [4.78, 5) is 4.39. The van der Waals surface area contributed by atoms with Gasteiger partial charge in [0.15, 0.2) is 11.5 Å². The minimum Gasteiger partial charge on any atom is -0.493 e. The molecular weight excluding hydrogens is 357 g/mol. The van der Waals surface area contributed by atoms with Gasteiger partial charge in [-0.25, -0.2) is 0 Å². The first kappa shape index (κ1) is 20.6. The molecule has 1 aromatic carbocycles. The predicted octanol–water partition coefficient (Wildman–Crippen LogP) is 3.55. The number of benzene rings is 1. The molecule has 2 heterocycles. The second-order valence-corrected chi connectivity index (χ2v) is 7.05. The Kier molecular flexibility index (Phi) is 7.31. The Balaban J connectivity index is 1.81. The maximum Gasteiger partial charge on any atom is 0.457 e. The fourth-order valence-electron chi connectivity index (χ4n) is 3.27. The first-order valence-corrected chi connectivity index (χ1v) is 9.78. The van der Waals surface area contributed by atoms with E-state index in [0.29, 0.717) is 31.0 Å². The Morgan fingerprint density at radius 3 is 2.79 bits per heavy atom. The predicted molar refractivity (Wildman–Crippen MR) is 109 cm³/mol. The van der Waals surface area contributed by atoms with Crippen LogP contribution in [0.2, 0.25) is 6.32 Å². The van der Waals surface area contributed by atoms with Gasteiger partial charge in [-0.2, -0.15) is 0 Å². The van der Waals surface area contributed by atoms with Gasteiger partial charge in [0.05, 0.1) is 26.4 Å². The van der Waals surface area contributed by atoms with Crippen molar-refractivity contribution in [1.29, 1.82) is 0 Å². The lowest BCUT2D eigenvalue weighted by atomic mass is 9.75. The average molecular weight is 385 g/mol. The third-order valence-electron chi connectivity index (χ3n) is 4.79. The van der Waals surface area contributed by atoms with Crippen molar-refractivity contribution in [2.75, 3.05) is 26.9 Å². The van der Waals surface area contributed by atoms with E-state index in [-0.39, 0.29) is 25.7 Å². The summed E-state index contributed by atoms with van der Waals surface area (Å²) in [5.74, 6) is 1.32. The topological polar surface area (TPSA) is 70.0 Å². The summed E-state index contributed by atoms with van der Waals surface area (Å²) in [5, 5.41) is 9.90. The van der Waals surface area contributed by atoms with Crippen molar-refractivity contribution in [2.45, 2.75) is 38.6 Å². The van der Waals surface area contributed by atoms with E-state index in [0.717, 1.165) is 23.1 Å². The van der Waals surface area contributed by atoms with Crippen LogP contribution in [0.3, 0.4) is 0 Å². The van der Waals surface area contributed by atoms with E-state index in [4.69, 9.17) is 18.8 Å². The third-order valence-corrected chi connectivity index (χ3v) is 4.79. The van der Waals surface area contributed by atoms with Gasteiger partial charge < -0.3 is 23.9 Å². The second-order valence-electron chi connectivity index (χ2n) is 7.05. The van der Waals surface area contributed by atoms with Crippen molar-refractivity contribution >= 4 is 7.12 Å². The van der Waals surface area contributed by atoms with Crippen molar-refractivity contribution in [3.63, 3.8) is 0 Å². The molecule has 0 spiro atoms.